The van der Waals surface area contributed by atoms with Crippen molar-refractivity contribution < 1.29 is 9.84 Å². The van der Waals surface area contributed by atoms with E-state index in [-0.39, 0.29) is 6.10 Å². The Morgan fingerprint density at radius 1 is 1.59 bits per heavy atom. The Kier molecular flexibility index (Phi) is 4.36. The van der Waals surface area contributed by atoms with Gasteiger partial charge >= 0.3 is 0 Å². The first-order valence-electron chi connectivity index (χ1n) is 6.10. The fourth-order valence-electron chi connectivity index (χ4n) is 2.09. The zero-order valence-corrected chi connectivity index (χ0v) is 11.3. The van der Waals surface area contributed by atoms with Crippen molar-refractivity contribution in [3.8, 4) is 0 Å². The summed E-state index contributed by atoms with van der Waals surface area (Å²) in [6.07, 6.45) is 3.64. The van der Waals surface area contributed by atoms with E-state index in [1.807, 2.05) is 7.05 Å². The van der Waals surface area contributed by atoms with Crippen LogP contribution in [0.5, 0.6) is 0 Å². The second-order valence-electron chi connectivity index (χ2n) is 4.48. The quantitative estimate of drug-likeness (QED) is 0.818. The molecule has 4 nitrogen and oxygen atoms in total. The van der Waals surface area contributed by atoms with Crippen molar-refractivity contribution in [3.05, 3.63) is 10.6 Å². The summed E-state index contributed by atoms with van der Waals surface area (Å²) < 4.78 is 5.04. The van der Waals surface area contributed by atoms with Gasteiger partial charge in [0.1, 0.15) is 0 Å². The highest BCUT2D eigenvalue weighted by Crippen LogP contribution is 2.37. The number of anilines is 1. The molecule has 17 heavy (non-hydrogen) atoms. The van der Waals surface area contributed by atoms with Gasteiger partial charge < -0.3 is 14.7 Å². The molecule has 0 saturated heterocycles. The minimum Gasteiger partial charge on any atom is -0.388 e. The van der Waals surface area contributed by atoms with Crippen LogP contribution in [0, 0.1) is 0 Å². The molecule has 1 N–H and O–H groups in total. The highest BCUT2D eigenvalue weighted by molar-refractivity contribution is 7.15. The second kappa shape index (κ2) is 5.80. The lowest BCUT2D eigenvalue weighted by molar-refractivity contribution is 0.160. The van der Waals surface area contributed by atoms with Crippen molar-refractivity contribution in [2.75, 3.05) is 32.2 Å². The molecule has 5 heteroatoms. The van der Waals surface area contributed by atoms with Gasteiger partial charge in [-0.3, -0.25) is 0 Å². The standard InChI is InChI=1S/C12H20N2O2S/c1-14(7-4-8-16-2)12-13-9-5-3-6-10(15)11(9)17-12/h10,15H,3-8H2,1-2H3. The van der Waals surface area contributed by atoms with Gasteiger partial charge in [-0.15, -0.1) is 0 Å². The van der Waals surface area contributed by atoms with E-state index in [1.54, 1.807) is 18.4 Å². The first-order valence-corrected chi connectivity index (χ1v) is 6.91. The van der Waals surface area contributed by atoms with E-state index in [0.717, 1.165) is 54.5 Å². The van der Waals surface area contributed by atoms with Gasteiger partial charge in [-0.2, -0.15) is 0 Å². The number of hydrogen-bond donors (Lipinski definition) is 1. The summed E-state index contributed by atoms with van der Waals surface area (Å²) in [5, 5.41) is 10.9. The van der Waals surface area contributed by atoms with Crippen LogP contribution in [0.25, 0.3) is 0 Å². The Bertz CT molecular complexity index is 367. The van der Waals surface area contributed by atoms with Gasteiger partial charge in [-0.1, -0.05) is 11.3 Å². The molecule has 0 fully saturated rings. The molecular weight excluding hydrogens is 236 g/mol. The Morgan fingerprint density at radius 2 is 2.41 bits per heavy atom. The number of aromatic nitrogens is 1. The number of aliphatic hydroxyl groups is 1. The van der Waals surface area contributed by atoms with Crippen LogP contribution in [0.1, 0.15) is 35.9 Å². The lowest BCUT2D eigenvalue weighted by atomic mass is 10.0. The van der Waals surface area contributed by atoms with Gasteiger partial charge in [0.2, 0.25) is 0 Å². The maximum atomic E-state index is 9.90. The zero-order chi connectivity index (χ0) is 12.3. The first-order chi connectivity index (χ1) is 8.22. The molecule has 1 aliphatic carbocycles. The summed E-state index contributed by atoms with van der Waals surface area (Å²) in [6, 6.07) is 0. The van der Waals surface area contributed by atoms with Crippen LogP contribution in [-0.4, -0.2) is 37.4 Å². The highest BCUT2D eigenvalue weighted by atomic mass is 32.1. The predicted molar refractivity (Wildman–Crippen MR) is 69.8 cm³/mol. The SMILES string of the molecule is COCCCN(C)c1nc2c(s1)C(O)CCC2. The Hall–Kier alpha value is -0.650. The van der Waals surface area contributed by atoms with Gasteiger partial charge in [0.15, 0.2) is 5.13 Å². The van der Waals surface area contributed by atoms with Gasteiger partial charge in [-0.05, 0) is 25.7 Å². The van der Waals surface area contributed by atoms with Crippen molar-refractivity contribution in [2.24, 2.45) is 0 Å². The number of hydrogen-bond acceptors (Lipinski definition) is 5. The molecule has 0 aliphatic heterocycles. The largest absolute Gasteiger partial charge is 0.388 e. The average Bonchev–Trinajstić information content (AvgIpc) is 2.75. The maximum absolute atomic E-state index is 9.90. The van der Waals surface area contributed by atoms with Crippen molar-refractivity contribution in [2.45, 2.75) is 31.8 Å². The highest BCUT2D eigenvalue weighted by Gasteiger charge is 2.23. The van der Waals surface area contributed by atoms with E-state index in [2.05, 4.69) is 9.88 Å². The molecule has 0 radical (unpaired) electrons. The summed E-state index contributed by atoms with van der Waals surface area (Å²) in [6.45, 7) is 1.72. The van der Waals surface area contributed by atoms with Crippen molar-refractivity contribution in [1.82, 2.24) is 4.98 Å². The molecule has 1 unspecified atom stereocenters. The molecule has 1 aromatic heterocycles. The van der Waals surface area contributed by atoms with Crippen molar-refractivity contribution in [1.29, 1.82) is 0 Å². The molecule has 1 aromatic rings. The first kappa shape index (κ1) is 12.8. The number of aryl methyl sites for hydroxylation is 1. The van der Waals surface area contributed by atoms with Crippen LogP contribution in [0.3, 0.4) is 0 Å². The molecule has 1 heterocycles. The molecule has 0 saturated carbocycles. The number of aliphatic hydroxyl groups excluding tert-OH is 1. The number of methoxy groups -OCH3 is 1. The van der Waals surface area contributed by atoms with Crippen molar-refractivity contribution in [3.63, 3.8) is 0 Å². The Labute approximate surface area is 106 Å². The van der Waals surface area contributed by atoms with E-state index in [0.29, 0.717) is 0 Å². The molecule has 0 bridgehead atoms. The van der Waals surface area contributed by atoms with Crippen LogP contribution in [0.15, 0.2) is 0 Å². The number of thiazole rings is 1. The third-order valence-electron chi connectivity index (χ3n) is 3.08. The normalized spacial score (nSPS) is 19.1. The van der Waals surface area contributed by atoms with Crippen LogP contribution < -0.4 is 4.90 Å². The second-order valence-corrected chi connectivity index (χ2v) is 5.49. The van der Waals surface area contributed by atoms with E-state index in [9.17, 15) is 5.11 Å². The average molecular weight is 256 g/mol. The summed E-state index contributed by atoms with van der Waals surface area (Å²) in [4.78, 5) is 7.84. The molecule has 0 spiro atoms. The molecule has 0 amide bonds. The zero-order valence-electron chi connectivity index (χ0n) is 10.5. The Morgan fingerprint density at radius 3 is 3.12 bits per heavy atom. The minimum atomic E-state index is -0.294. The van der Waals surface area contributed by atoms with Crippen LogP contribution >= 0.6 is 11.3 Å². The molecular formula is C12H20N2O2S. The Balaban J connectivity index is 2.01. The fourth-order valence-corrected chi connectivity index (χ4v) is 3.21. The monoisotopic (exact) mass is 256 g/mol. The number of ether oxygens (including phenoxy) is 1. The number of fused-ring (bicyclic) bond motifs is 1. The molecule has 1 aliphatic rings. The van der Waals surface area contributed by atoms with E-state index < -0.39 is 0 Å². The molecule has 96 valence electrons. The summed E-state index contributed by atoms with van der Waals surface area (Å²) in [5.41, 5.74) is 1.10. The summed E-state index contributed by atoms with van der Waals surface area (Å²) in [5.74, 6) is 0. The third kappa shape index (κ3) is 2.97. The van der Waals surface area contributed by atoms with E-state index in [4.69, 9.17) is 4.74 Å². The topological polar surface area (TPSA) is 45.6 Å². The lowest BCUT2D eigenvalue weighted by Gasteiger charge is -2.15. The van der Waals surface area contributed by atoms with E-state index in [1.165, 1.54) is 0 Å². The van der Waals surface area contributed by atoms with Gasteiger partial charge in [-0.25, -0.2) is 4.98 Å². The molecule has 0 aromatic carbocycles. The van der Waals surface area contributed by atoms with Crippen molar-refractivity contribution >= 4 is 16.5 Å². The van der Waals surface area contributed by atoms with Crippen LogP contribution in [0.4, 0.5) is 5.13 Å². The third-order valence-corrected chi connectivity index (χ3v) is 4.39. The molecule has 2 rings (SSSR count). The smallest absolute Gasteiger partial charge is 0.185 e. The van der Waals surface area contributed by atoms with Crippen LogP contribution in [-0.2, 0) is 11.2 Å². The summed E-state index contributed by atoms with van der Waals surface area (Å²) in [7, 11) is 3.77. The number of rotatable bonds is 5. The van der Waals surface area contributed by atoms with Gasteiger partial charge in [0.25, 0.3) is 0 Å². The maximum Gasteiger partial charge on any atom is 0.185 e. The summed E-state index contributed by atoms with van der Waals surface area (Å²) >= 11 is 1.63. The lowest BCUT2D eigenvalue weighted by Crippen LogP contribution is -2.19. The molecule has 1 atom stereocenters. The van der Waals surface area contributed by atoms with E-state index >= 15 is 0 Å². The predicted octanol–water partition coefficient (Wildman–Crippen LogP) is 1.99. The van der Waals surface area contributed by atoms with Crippen LogP contribution in [0.2, 0.25) is 0 Å². The number of nitrogens with zero attached hydrogens (tertiary/aromatic N) is 2. The van der Waals surface area contributed by atoms with Gasteiger partial charge in [0.05, 0.1) is 16.7 Å². The van der Waals surface area contributed by atoms with Gasteiger partial charge in [0, 0.05) is 27.3 Å². The fraction of sp³-hybridized carbons (Fsp3) is 0.750. The minimum absolute atomic E-state index is 0.294.